The van der Waals surface area contributed by atoms with Crippen LogP contribution in [0.4, 0.5) is 0 Å². The quantitative estimate of drug-likeness (QED) is 0.399. The fourth-order valence-corrected chi connectivity index (χ4v) is 7.98. The lowest BCUT2D eigenvalue weighted by molar-refractivity contribution is -0.116. The molecule has 0 aromatic carbocycles. The largest absolute Gasteiger partial charge is 0.360 e. The van der Waals surface area contributed by atoms with Crippen LogP contribution in [0.1, 0.15) is 67.2 Å². The molecule has 10 atom stereocenters. The minimum atomic E-state index is -0.149. The topological polar surface area (TPSA) is 29.6 Å². The first-order valence-corrected chi connectivity index (χ1v) is 12.5. The number of carbonyl (C=O) groups is 1. The van der Waals surface area contributed by atoms with E-state index in [1.165, 1.54) is 31.3 Å². The van der Waals surface area contributed by atoms with Crippen LogP contribution in [0.2, 0.25) is 0 Å². The third kappa shape index (κ3) is 2.81. The first-order valence-electron chi connectivity index (χ1n) is 12.5. The summed E-state index contributed by atoms with van der Waals surface area (Å²) in [6.45, 7) is 14.4. The van der Waals surface area contributed by atoms with Crippen molar-refractivity contribution in [3.05, 3.63) is 36.0 Å². The Hall–Kier alpha value is -1.15. The summed E-state index contributed by atoms with van der Waals surface area (Å²) in [6.07, 6.45) is 17.0. The summed E-state index contributed by atoms with van der Waals surface area (Å²) in [4.78, 5) is 12.3. The Morgan fingerprint density at radius 3 is 2.57 bits per heavy atom. The Kier molecular flexibility index (Phi) is 4.79. The summed E-state index contributed by atoms with van der Waals surface area (Å²) < 4.78 is 5.94. The highest BCUT2D eigenvalue weighted by atomic mass is 16.6. The average molecular weight is 409 g/mol. The minimum absolute atomic E-state index is 0.0373. The van der Waals surface area contributed by atoms with Gasteiger partial charge in [0.1, 0.15) is 12.2 Å². The van der Waals surface area contributed by atoms with Gasteiger partial charge in [-0.25, -0.2) is 0 Å². The Morgan fingerprint density at radius 1 is 1.07 bits per heavy atom. The van der Waals surface area contributed by atoms with Crippen molar-refractivity contribution >= 4 is 5.78 Å². The Balaban J connectivity index is 1.40. The molecule has 30 heavy (non-hydrogen) atoms. The molecule has 0 N–H and O–H groups in total. The molecule has 3 fully saturated rings. The minimum Gasteiger partial charge on any atom is -0.360 e. The highest BCUT2D eigenvalue weighted by Crippen LogP contribution is 2.67. The van der Waals surface area contributed by atoms with E-state index >= 15 is 0 Å². The summed E-state index contributed by atoms with van der Waals surface area (Å²) in [5.41, 5.74) is 1.71. The second-order valence-electron chi connectivity index (χ2n) is 12.0. The Bertz CT molecular complexity index is 818. The van der Waals surface area contributed by atoms with Crippen LogP contribution in [0.5, 0.6) is 0 Å². The number of hydrogen-bond donors (Lipinski definition) is 0. The van der Waals surface area contributed by atoms with Gasteiger partial charge in [0, 0.05) is 5.41 Å². The predicted octanol–water partition coefficient (Wildman–Crippen LogP) is 6.38. The van der Waals surface area contributed by atoms with E-state index < -0.39 is 0 Å². The summed E-state index contributed by atoms with van der Waals surface area (Å²) in [6, 6.07) is 0. The molecular weight excluding hydrogens is 368 g/mol. The molecule has 1 heterocycles. The average Bonchev–Trinajstić information content (AvgIpc) is 3.44. The molecule has 0 radical (unpaired) electrons. The van der Waals surface area contributed by atoms with Gasteiger partial charge in [-0.2, -0.15) is 0 Å². The molecule has 5 rings (SSSR count). The molecule has 2 heteroatoms. The summed E-state index contributed by atoms with van der Waals surface area (Å²) in [7, 11) is 0. The summed E-state index contributed by atoms with van der Waals surface area (Å²) in [5.74, 6) is 5.02. The van der Waals surface area contributed by atoms with Gasteiger partial charge >= 0.3 is 0 Å². The normalized spacial score (nSPS) is 48.6. The maximum absolute atomic E-state index is 12.3. The molecule has 0 aromatic rings. The van der Waals surface area contributed by atoms with Gasteiger partial charge in [-0.3, -0.25) is 4.79 Å². The van der Waals surface area contributed by atoms with Crippen molar-refractivity contribution in [3.8, 4) is 0 Å². The third-order valence-electron chi connectivity index (χ3n) is 10.4. The number of ketones is 1. The molecule has 0 unspecified atom stereocenters. The van der Waals surface area contributed by atoms with E-state index in [0.29, 0.717) is 35.0 Å². The van der Waals surface area contributed by atoms with Crippen LogP contribution in [0, 0.1) is 52.3 Å². The van der Waals surface area contributed by atoms with Crippen molar-refractivity contribution in [2.24, 2.45) is 52.3 Å². The van der Waals surface area contributed by atoms with Gasteiger partial charge < -0.3 is 4.74 Å². The van der Waals surface area contributed by atoms with Crippen molar-refractivity contribution < 1.29 is 9.53 Å². The molecule has 1 saturated heterocycles. The van der Waals surface area contributed by atoms with E-state index in [-0.39, 0.29) is 23.4 Å². The number of epoxide rings is 1. The molecule has 5 aliphatic rings. The number of hydrogen-bond acceptors (Lipinski definition) is 2. The first kappa shape index (κ1) is 20.7. The van der Waals surface area contributed by atoms with Crippen LogP contribution in [0.25, 0.3) is 0 Å². The zero-order valence-electron chi connectivity index (χ0n) is 19.7. The zero-order valence-corrected chi connectivity index (χ0v) is 19.7. The maximum atomic E-state index is 12.3. The van der Waals surface area contributed by atoms with Gasteiger partial charge in [0.15, 0.2) is 5.78 Å². The van der Waals surface area contributed by atoms with Crippen LogP contribution in [-0.2, 0) is 9.53 Å². The molecule has 1 aliphatic heterocycles. The highest BCUT2D eigenvalue weighted by Gasteiger charge is 2.66. The van der Waals surface area contributed by atoms with Gasteiger partial charge in [0.2, 0.25) is 0 Å². The Labute approximate surface area is 183 Å². The van der Waals surface area contributed by atoms with E-state index in [4.69, 9.17) is 4.74 Å². The van der Waals surface area contributed by atoms with Gasteiger partial charge in [-0.05, 0) is 84.2 Å². The number of carbonyl (C=O) groups excluding carboxylic acids is 1. The van der Waals surface area contributed by atoms with Crippen LogP contribution in [0.15, 0.2) is 36.0 Å². The van der Waals surface area contributed by atoms with Crippen molar-refractivity contribution in [1.82, 2.24) is 0 Å². The van der Waals surface area contributed by atoms with Crippen LogP contribution in [0.3, 0.4) is 0 Å². The second-order valence-corrected chi connectivity index (χ2v) is 12.0. The van der Waals surface area contributed by atoms with Gasteiger partial charge in [-0.1, -0.05) is 65.8 Å². The van der Waals surface area contributed by atoms with E-state index in [9.17, 15) is 4.79 Å². The predicted molar refractivity (Wildman–Crippen MR) is 122 cm³/mol. The molecule has 0 amide bonds. The van der Waals surface area contributed by atoms with Crippen LogP contribution < -0.4 is 0 Å². The fourth-order valence-electron chi connectivity index (χ4n) is 7.98. The van der Waals surface area contributed by atoms with Crippen LogP contribution in [-0.4, -0.2) is 18.0 Å². The highest BCUT2D eigenvalue weighted by molar-refractivity contribution is 5.98. The maximum Gasteiger partial charge on any atom is 0.187 e. The number of allylic oxidation sites excluding steroid dienone is 4. The molecule has 2 nitrogen and oxygen atoms in total. The molecular formula is C28H40O2. The van der Waals surface area contributed by atoms with E-state index in [2.05, 4.69) is 65.8 Å². The zero-order chi connectivity index (χ0) is 21.4. The molecule has 0 aromatic heterocycles. The standard InChI is InChI=1S/C28H40O2/c1-16(2)17(3)7-8-18(4)21-11-12-22-20-10-9-19-15-24(29)25-26(30-25)28(19,6)23(20)13-14-27(21,22)5/h7-10,15-18,20-23,25-26H,11-14H2,1-6H3/b8-7+/t17-,18+,20-,21+,22-,23-,25-,26-,27+,28-/m0/s1. The second kappa shape index (κ2) is 6.92. The fraction of sp³-hybridized carbons (Fsp3) is 0.750. The number of ether oxygens (including phenoxy) is 1. The lowest BCUT2D eigenvalue weighted by atomic mass is 9.48. The van der Waals surface area contributed by atoms with Crippen LogP contribution >= 0.6 is 0 Å². The van der Waals surface area contributed by atoms with Gasteiger partial charge in [0.25, 0.3) is 0 Å². The molecule has 164 valence electrons. The first-order chi connectivity index (χ1) is 14.2. The number of rotatable bonds is 4. The monoisotopic (exact) mass is 408 g/mol. The van der Waals surface area contributed by atoms with Crippen molar-refractivity contribution in [3.63, 3.8) is 0 Å². The van der Waals surface area contributed by atoms with Gasteiger partial charge in [0.05, 0.1) is 0 Å². The smallest absolute Gasteiger partial charge is 0.187 e. The third-order valence-corrected chi connectivity index (χ3v) is 10.4. The summed E-state index contributed by atoms with van der Waals surface area (Å²) >= 11 is 0. The lowest BCUT2D eigenvalue weighted by Crippen LogP contribution is -2.51. The molecule has 4 aliphatic carbocycles. The van der Waals surface area contributed by atoms with Gasteiger partial charge in [-0.15, -0.1) is 0 Å². The van der Waals surface area contributed by atoms with E-state index in [1.807, 2.05) is 6.08 Å². The molecule has 2 saturated carbocycles. The van der Waals surface area contributed by atoms with E-state index in [1.54, 1.807) is 0 Å². The van der Waals surface area contributed by atoms with Crippen molar-refractivity contribution in [1.29, 1.82) is 0 Å². The molecule has 0 spiro atoms. The summed E-state index contributed by atoms with van der Waals surface area (Å²) in [5, 5.41) is 0. The van der Waals surface area contributed by atoms with Crippen molar-refractivity contribution in [2.45, 2.75) is 79.4 Å². The van der Waals surface area contributed by atoms with E-state index in [0.717, 1.165) is 11.8 Å². The Morgan fingerprint density at radius 2 is 1.83 bits per heavy atom. The van der Waals surface area contributed by atoms with Crippen molar-refractivity contribution in [2.75, 3.05) is 0 Å². The molecule has 0 bridgehead atoms. The lowest BCUT2D eigenvalue weighted by Gasteiger charge is -2.55. The SMILES string of the molecule is CC(C)[C@@H](C)/C=C/[C@@H](C)[C@H]1CC[C@H]2[C@@H]3C=CC4=CC(=O)[C@@H]5O[C@@H]5[C@]4(C)[C@H]3CC[C@]12C. The number of fused-ring (bicyclic) bond motifs is 7.